The fraction of sp³-hybridized carbons (Fsp3) is 0.500. The van der Waals surface area contributed by atoms with Crippen LogP contribution in [0.3, 0.4) is 0 Å². The molecule has 4 rings (SSSR count). The SMILES string of the molecule is CCCCCOc1ccc2cc(C3CCC4(COC(=O)N4)C3)ccc2c1. The summed E-state index contributed by atoms with van der Waals surface area (Å²) in [6.45, 7) is 3.50. The number of amides is 1. The molecule has 1 aliphatic heterocycles. The van der Waals surface area contributed by atoms with Gasteiger partial charge in [0.05, 0.1) is 12.1 Å². The Morgan fingerprint density at radius 1 is 1.19 bits per heavy atom. The van der Waals surface area contributed by atoms with Crippen molar-refractivity contribution in [1.29, 1.82) is 0 Å². The summed E-state index contributed by atoms with van der Waals surface area (Å²) in [7, 11) is 0. The van der Waals surface area contributed by atoms with Crippen molar-refractivity contribution in [2.24, 2.45) is 0 Å². The summed E-state index contributed by atoms with van der Waals surface area (Å²) in [4.78, 5) is 11.4. The fourth-order valence-electron chi connectivity index (χ4n) is 4.28. The summed E-state index contributed by atoms with van der Waals surface area (Å²) >= 11 is 0. The van der Waals surface area contributed by atoms with Crippen LogP contribution >= 0.6 is 0 Å². The lowest BCUT2D eigenvalue weighted by molar-refractivity contribution is 0.172. The molecule has 26 heavy (non-hydrogen) atoms. The van der Waals surface area contributed by atoms with Gasteiger partial charge in [0, 0.05) is 0 Å². The largest absolute Gasteiger partial charge is 0.494 e. The highest BCUT2D eigenvalue weighted by Crippen LogP contribution is 2.43. The van der Waals surface area contributed by atoms with Crippen LogP contribution in [-0.2, 0) is 4.74 Å². The third-order valence-electron chi connectivity index (χ3n) is 5.78. The van der Waals surface area contributed by atoms with E-state index < -0.39 is 0 Å². The van der Waals surface area contributed by atoms with Gasteiger partial charge in [-0.15, -0.1) is 0 Å². The van der Waals surface area contributed by atoms with Gasteiger partial charge in [-0.05, 0) is 60.1 Å². The lowest BCUT2D eigenvalue weighted by Gasteiger charge is -2.20. The molecule has 0 bridgehead atoms. The third-order valence-corrected chi connectivity index (χ3v) is 5.78. The summed E-state index contributed by atoms with van der Waals surface area (Å²) in [6.07, 6.45) is 6.31. The van der Waals surface area contributed by atoms with Gasteiger partial charge < -0.3 is 14.8 Å². The lowest BCUT2D eigenvalue weighted by Crippen LogP contribution is -2.40. The summed E-state index contributed by atoms with van der Waals surface area (Å²) < 4.78 is 11.0. The van der Waals surface area contributed by atoms with Crippen molar-refractivity contribution in [3.63, 3.8) is 0 Å². The second-order valence-corrected chi connectivity index (χ2v) is 7.75. The Bertz CT molecular complexity index is 803. The number of hydrogen-bond donors (Lipinski definition) is 1. The number of hydrogen-bond acceptors (Lipinski definition) is 3. The van der Waals surface area contributed by atoms with Crippen LogP contribution in [0.15, 0.2) is 36.4 Å². The number of unbranched alkanes of at least 4 members (excludes halogenated alkanes) is 2. The predicted molar refractivity (Wildman–Crippen MR) is 103 cm³/mol. The molecule has 1 N–H and O–H groups in total. The van der Waals surface area contributed by atoms with Gasteiger partial charge in [0.2, 0.25) is 0 Å². The van der Waals surface area contributed by atoms with Crippen molar-refractivity contribution in [3.05, 3.63) is 42.0 Å². The molecule has 4 heteroatoms. The van der Waals surface area contributed by atoms with E-state index in [9.17, 15) is 4.79 Å². The van der Waals surface area contributed by atoms with Crippen molar-refractivity contribution >= 4 is 16.9 Å². The molecule has 4 nitrogen and oxygen atoms in total. The van der Waals surface area contributed by atoms with Crippen LogP contribution in [0.4, 0.5) is 4.79 Å². The topological polar surface area (TPSA) is 47.6 Å². The highest BCUT2D eigenvalue weighted by atomic mass is 16.6. The summed E-state index contributed by atoms with van der Waals surface area (Å²) in [5.41, 5.74) is 1.21. The first-order valence-corrected chi connectivity index (χ1v) is 9.79. The van der Waals surface area contributed by atoms with Crippen molar-refractivity contribution in [3.8, 4) is 5.75 Å². The van der Waals surface area contributed by atoms with Crippen molar-refractivity contribution < 1.29 is 14.3 Å². The van der Waals surface area contributed by atoms with E-state index in [1.807, 2.05) is 0 Å². The molecule has 1 saturated carbocycles. The first-order chi connectivity index (χ1) is 12.7. The Morgan fingerprint density at radius 3 is 2.85 bits per heavy atom. The molecule has 0 aromatic heterocycles. The minimum atomic E-state index is -0.268. The molecule has 2 aliphatic rings. The molecule has 1 heterocycles. The van der Waals surface area contributed by atoms with Crippen LogP contribution in [-0.4, -0.2) is 24.8 Å². The molecular formula is C22H27NO3. The van der Waals surface area contributed by atoms with Crippen LogP contribution in [0.2, 0.25) is 0 Å². The van der Waals surface area contributed by atoms with Gasteiger partial charge in [-0.3, -0.25) is 0 Å². The lowest BCUT2D eigenvalue weighted by atomic mass is 9.92. The van der Waals surface area contributed by atoms with E-state index in [1.54, 1.807) is 0 Å². The standard InChI is InChI=1S/C22H27NO3/c1-2-3-4-11-25-20-8-7-16-12-17(5-6-18(16)13-20)19-9-10-22(14-19)15-26-21(24)23-22/h5-8,12-13,19H,2-4,9-11,14-15H2,1H3,(H,23,24). The number of rotatable bonds is 6. The van der Waals surface area contributed by atoms with Gasteiger partial charge in [-0.25, -0.2) is 4.79 Å². The highest BCUT2D eigenvalue weighted by Gasteiger charge is 2.45. The Labute approximate surface area is 154 Å². The number of ether oxygens (including phenoxy) is 2. The van der Waals surface area contributed by atoms with Crippen molar-refractivity contribution in [1.82, 2.24) is 5.32 Å². The third kappa shape index (κ3) is 3.50. The predicted octanol–water partition coefficient (Wildman–Crippen LogP) is 5.15. The zero-order chi connectivity index (χ0) is 18.0. The first-order valence-electron chi connectivity index (χ1n) is 9.79. The minimum Gasteiger partial charge on any atom is -0.494 e. The second kappa shape index (κ2) is 7.18. The molecule has 1 amide bonds. The second-order valence-electron chi connectivity index (χ2n) is 7.75. The quantitative estimate of drug-likeness (QED) is 0.730. The smallest absolute Gasteiger partial charge is 0.407 e. The molecule has 2 fully saturated rings. The van der Waals surface area contributed by atoms with Gasteiger partial charge in [0.15, 0.2) is 0 Å². The maximum absolute atomic E-state index is 11.4. The molecule has 2 atom stereocenters. The van der Waals surface area contributed by atoms with Crippen LogP contribution in [0.25, 0.3) is 10.8 Å². The number of benzene rings is 2. The molecule has 1 spiro atoms. The number of cyclic esters (lactones) is 1. The summed E-state index contributed by atoms with van der Waals surface area (Å²) in [5.74, 6) is 1.43. The van der Waals surface area contributed by atoms with Gasteiger partial charge in [-0.2, -0.15) is 0 Å². The summed E-state index contributed by atoms with van der Waals surface area (Å²) in [5, 5.41) is 5.49. The molecule has 1 aliphatic carbocycles. The molecule has 2 unspecified atom stereocenters. The number of nitrogens with one attached hydrogen (secondary N) is 1. The summed E-state index contributed by atoms with van der Waals surface area (Å²) in [6, 6.07) is 13.1. The fourth-order valence-corrected chi connectivity index (χ4v) is 4.28. The maximum atomic E-state index is 11.4. The molecular weight excluding hydrogens is 326 g/mol. The highest BCUT2D eigenvalue weighted by molar-refractivity contribution is 5.84. The number of alkyl carbamates (subject to hydrolysis) is 1. The van der Waals surface area contributed by atoms with E-state index in [0.29, 0.717) is 12.5 Å². The van der Waals surface area contributed by atoms with E-state index in [2.05, 4.69) is 48.6 Å². The van der Waals surface area contributed by atoms with Crippen LogP contribution < -0.4 is 10.1 Å². The Hall–Kier alpha value is -2.23. The monoisotopic (exact) mass is 353 g/mol. The normalized spacial score (nSPS) is 24.8. The average Bonchev–Trinajstić information content (AvgIpc) is 3.24. The number of carbonyl (C=O) groups is 1. The molecule has 138 valence electrons. The van der Waals surface area contributed by atoms with E-state index in [-0.39, 0.29) is 11.6 Å². The van der Waals surface area contributed by atoms with Crippen LogP contribution in [0, 0.1) is 0 Å². The van der Waals surface area contributed by atoms with Crippen molar-refractivity contribution in [2.45, 2.75) is 56.9 Å². The molecule has 1 saturated heterocycles. The molecule has 2 aromatic rings. The molecule has 0 radical (unpaired) electrons. The van der Waals surface area contributed by atoms with Crippen molar-refractivity contribution in [2.75, 3.05) is 13.2 Å². The zero-order valence-corrected chi connectivity index (χ0v) is 15.4. The van der Waals surface area contributed by atoms with E-state index in [1.165, 1.54) is 29.2 Å². The van der Waals surface area contributed by atoms with E-state index >= 15 is 0 Å². The zero-order valence-electron chi connectivity index (χ0n) is 15.4. The van der Waals surface area contributed by atoms with Gasteiger partial charge in [-0.1, -0.05) is 44.0 Å². The Balaban J connectivity index is 1.45. The Kier molecular flexibility index (Phi) is 4.75. The van der Waals surface area contributed by atoms with E-state index in [0.717, 1.165) is 38.0 Å². The molecule has 2 aromatic carbocycles. The maximum Gasteiger partial charge on any atom is 0.407 e. The van der Waals surface area contributed by atoms with Crippen LogP contribution in [0.5, 0.6) is 5.75 Å². The van der Waals surface area contributed by atoms with Crippen LogP contribution in [0.1, 0.15) is 56.9 Å². The van der Waals surface area contributed by atoms with E-state index in [4.69, 9.17) is 9.47 Å². The minimum absolute atomic E-state index is 0.146. The number of carbonyl (C=O) groups excluding carboxylic acids is 1. The first kappa shape index (κ1) is 17.2. The van der Waals surface area contributed by atoms with Gasteiger partial charge in [0.25, 0.3) is 0 Å². The Morgan fingerprint density at radius 2 is 2.04 bits per heavy atom. The van der Waals surface area contributed by atoms with Gasteiger partial charge >= 0.3 is 6.09 Å². The van der Waals surface area contributed by atoms with Gasteiger partial charge in [0.1, 0.15) is 12.4 Å². The average molecular weight is 353 g/mol. The number of fused-ring (bicyclic) bond motifs is 1.